The molecule has 0 saturated carbocycles. The van der Waals surface area contributed by atoms with Crippen molar-refractivity contribution in [2.45, 2.75) is 25.7 Å². The van der Waals surface area contributed by atoms with Gasteiger partial charge in [0.25, 0.3) is 0 Å². The second-order valence-electron chi connectivity index (χ2n) is 5.65. The Bertz CT molecular complexity index is 973. The monoisotopic (exact) mass is 389 g/mol. The van der Waals surface area contributed by atoms with Crippen LogP contribution in [0.5, 0.6) is 0 Å². The smallest absolute Gasteiger partial charge is 0.123 e. The van der Waals surface area contributed by atoms with Crippen molar-refractivity contribution in [1.29, 1.82) is 0 Å². The van der Waals surface area contributed by atoms with E-state index in [9.17, 15) is 8.42 Å². The van der Waals surface area contributed by atoms with Gasteiger partial charge in [-0.15, -0.1) is 5.69 Å². The van der Waals surface area contributed by atoms with Crippen LogP contribution in [0.2, 0.25) is 0 Å². The van der Waals surface area contributed by atoms with Crippen molar-refractivity contribution in [1.82, 2.24) is 4.98 Å². The molecule has 0 fully saturated rings. The van der Waals surface area contributed by atoms with E-state index in [1.165, 1.54) is 0 Å². The van der Waals surface area contributed by atoms with E-state index in [1.54, 1.807) is 32.2 Å². The van der Waals surface area contributed by atoms with E-state index in [1.807, 2.05) is 37.3 Å². The van der Waals surface area contributed by atoms with Gasteiger partial charge in [0.05, 0.1) is 10.4 Å². The summed E-state index contributed by atoms with van der Waals surface area (Å²) in [5.41, 5.74) is 3.40. The van der Waals surface area contributed by atoms with Crippen molar-refractivity contribution in [3.05, 3.63) is 70.1 Å². The maximum Gasteiger partial charge on any atom is 0.123 e. The summed E-state index contributed by atoms with van der Waals surface area (Å²) >= 11 is 0. The van der Waals surface area contributed by atoms with E-state index in [4.69, 9.17) is 0 Å². The molecule has 0 unspecified atom stereocenters. The van der Waals surface area contributed by atoms with Crippen molar-refractivity contribution in [2.75, 3.05) is 0 Å². The van der Waals surface area contributed by atoms with Gasteiger partial charge in [-0.3, -0.25) is 4.98 Å². The van der Waals surface area contributed by atoms with Crippen LogP contribution < -0.4 is 0 Å². The molecule has 1 aromatic heterocycles. The number of para-hydroxylation sites is 1. The Balaban J connectivity index is 0.00000208. The van der Waals surface area contributed by atoms with Gasteiger partial charge in [-0.2, -0.15) is 0 Å². The molecule has 0 N–H and O–H groups in total. The van der Waals surface area contributed by atoms with Crippen LogP contribution in [0.3, 0.4) is 0 Å². The topological polar surface area (TPSA) is 61.1 Å². The molecule has 0 amide bonds. The van der Waals surface area contributed by atoms with Crippen LogP contribution in [0.25, 0.3) is 15.6 Å². The SMILES string of the molecule is Cc1cc(C)c(S(=O)(=O)[N-]c2cccc3cccnc23)c(C)c1.[Zn]. The van der Waals surface area contributed by atoms with E-state index < -0.39 is 10.0 Å². The number of aromatic nitrogens is 1. The molecule has 0 bridgehead atoms. The van der Waals surface area contributed by atoms with Crippen LogP contribution in [-0.2, 0) is 29.5 Å². The fraction of sp³-hybridized carbons (Fsp3) is 0.167. The summed E-state index contributed by atoms with van der Waals surface area (Å²) in [6, 6.07) is 12.8. The molecule has 3 rings (SSSR count). The van der Waals surface area contributed by atoms with Gasteiger partial charge in [-0.25, -0.2) is 8.42 Å². The summed E-state index contributed by atoms with van der Waals surface area (Å²) in [4.78, 5) is 4.53. The molecule has 0 saturated heterocycles. The Hall–Kier alpha value is -1.78. The summed E-state index contributed by atoms with van der Waals surface area (Å²) in [6.45, 7) is 5.54. The van der Waals surface area contributed by atoms with Crippen LogP contribution >= 0.6 is 0 Å². The molecule has 0 aliphatic carbocycles. The minimum absolute atomic E-state index is 0. The van der Waals surface area contributed by atoms with Gasteiger partial charge in [0.1, 0.15) is 10.0 Å². The third-order valence-electron chi connectivity index (χ3n) is 3.69. The van der Waals surface area contributed by atoms with Crippen LogP contribution in [0.1, 0.15) is 16.7 Å². The molecule has 0 aliphatic rings. The molecule has 1 heterocycles. The van der Waals surface area contributed by atoms with E-state index in [0.29, 0.717) is 22.3 Å². The van der Waals surface area contributed by atoms with Gasteiger partial charge in [0, 0.05) is 25.7 Å². The van der Waals surface area contributed by atoms with Gasteiger partial charge >= 0.3 is 0 Å². The number of aryl methyl sites for hydroxylation is 3. The molecular formula is C18H17N2O2SZn-. The number of fused-ring (bicyclic) bond motifs is 1. The Labute approximate surface area is 155 Å². The molecule has 0 atom stereocenters. The van der Waals surface area contributed by atoms with E-state index >= 15 is 0 Å². The number of sulfonamides is 1. The number of nitrogens with zero attached hydrogens (tertiary/aromatic N) is 2. The first-order chi connectivity index (χ1) is 10.9. The summed E-state index contributed by atoms with van der Waals surface area (Å²) in [5, 5.41) is 0.862. The average Bonchev–Trinajstić information content (AvgIpc) is 2.45. The van der Waals surface area contributed by atoms with Gasteiger partial charge < -0.3 is 4.72 Å². The Morgan fingerprint density at radius 1 is 0.958 bits per heavy atom. The maximum absolute atomic E-state index is 12.8. The predicted octanol–water partition coefficient (Wildman–Crippen LogP) is 4.55. The zero-order valence-electron chi connectivity index (χ0n) is 13.9. The zero-order chi connectivity index (χ0) is 16.6. The minimum atomic E-state index is -3.80. The fourth-order valence-corrected chi connectivity index (χ4v) is 4.34. The third kappa shape index (κ3) is 3.50. The first kappa shape index (κ1) is 18.6. The van der Waals surface area contributed by atoms with Gasteiger partial charge in [0.2, 0.25) is 0 Å². The largest absolute Gasteiger partial charge is 0.571 e. The van der Waals surface area contributed by atoms with Crippen molar-refractivity contribution in [3.8, 4) is 0 Å². The number of pyridine rings is 1. The number of rotatable bonds is 3. The average molecular weight is 391 g/mol. The first-order valence-corrected chi connectivity index (χ1v) is 8.72. The Morgan fingerprint density at radius 2 is 1.58 bits per heavy atom. The summed E-state index contributed by atoms with van der Waals surface area (Å²) < 4.78 is 29.7. The molecule has 0 spiro atoms. The van der Waals surface area contributed by atoms with Crippen LogP contribution in [0.4, 0.5) is 5.69 Å². The molecule has 120 valence electrons. The van der Waals surface area contributed by atoms with E-state index in [2.05, 4.69) is 9.71 Å². The molecule has 0 aliphatic heterocycles. The molecule has 24 heavy (non-hydrogen) atoms. The molecule has 4 nitrogen and oxygen atoms in total. The number of hydrogen-bond donors (Lipinski definition) is 0. The number of benzene rings is 2. The van der Waals surface area contributed by atoms with Crippen molar-refractivity contribution < 1.29 is 27.9 Å². The van der Waals surface area contributed by atoms with Gasteiger partial charge in [-0.1, -0.05) is 42.0 Å². The van der Waals surface area contributed by atoms with Gasteiger partial charge in [-0.05, 0) is 43.4 Å². The Morgan fingerprint density at radius 3 is 2.25 bits per heavy atom. The third-order valence-corrected chi connectivity index (χ3v) is 5.29. The summed E-state index contributed by atoms with van der Waals surface area (Å²) in [6.07, 6.45) is 1.64. The predicted molar refractivity (Wildman–Crippen MR) is 92.6 cm³/mol. The van der Waals surface area contributed by atoms with Crippen LogP contribution in [0, 0.1) is 20.8 Å². The molecule has 6 heteroatoms. The molecule has 3 aromatic rings. The van der Waals surface area contributed by atoms with Crippen LogP contribution in [-0.4, -0.2) is 13.4 Å². The second-order valence-corrected chi connectivity index (χ2v) is 7.19. The second kappa shape index (κ2) is 7.00. The molecular weight excluding hydrogens is 374 g/mol. The van der Waals surface area contributed by atoms with Crippen LogP contribution in [0.15, 0.2) is 53.6 Å². The number of hydrogen-bond acceptors (Lipinski definition) is 3. The van der Waals surface area contributed by atoms with E-state index in [-0.39, 0.29) is 24.4 Å². The van der Waals surface area contributed by atoms with Gasteiger partial charge in [0.15, 0.2) is 0 Å². The Kier molecular flexibility index (Phi) is 5.41. The first-order valence-electron chi connectivity index (χ1n) is 7.28. The van der Waals surface area contributed by atoms with Crippen molar-refractivity contribution in [3.63, 3.8) is 0 Å². The zero-order valence-corrected chi connectivity index (χ0v) is 17.7. The standard InChI is InChI=1S/C18H17N2O2S.Zn/c1-12-10-13(2)18(14(3)11-12)23(21,22)20-16-8-4-6-15-7-5-9-19-17(15)16;/h4-11H,1-3H3;/q-1;. The summed E-state index contributed by atoms with van der Waals surface area (Å²) in [5.74, 6) is 0. The minimum Gasteiger partial charge on any atom is -0.571 e. The van der Waals surface area contributed by atoms with Crippen molar-refractivity contribution in [2.24, 2.45) is 0 Å². The fourth-order valence-electron chi connectivity index (χ4n) is 2.91. The quantitative estimate of drug-likeness (QED) is 0.616. The molecule has 0 radical (unpaired) electrons. The van der Waals surface area contributed by atoms with E-state index in [0.717, 1.165) is 10.9 Å². The van der Waals surface area contributed by atoms with Crippen molar-refractivity contribution >= 4 is 26.6 Å². The normalized spacial score (nSPS) is 11.1. The summed E-state index contributed by atoms with van der Waals surface area (Å²) in [7, 11) is -3.80. The maximum atomic E-state index is 12.8. The molecule has 2 aromatic carbocycles.